The van der Waals surface area contributed by atoms with Crippen molar-refractivity contribution in [1.29, 1.82) is 0 Å². The summed E-state index contributed by atoms with van der Waals surface area (Å²) >= 11 is 5.63. The minimum absolute atomic E-state index is 0.147. The molecule has 1 heterocycles. The van der Waals surface area contributed by atoms with Crippen molar-refractivity contribution in [2.45, 2.75) is 25.5 Å². The molecule has 1 saturated heterocycles. The van der Waals surface area contributed by atoms with E-state index in [0.29, 0.717) is 18.2 Å². The van der Waals surface area contributed by atoms with Gasteiger partial charge in [-0.2, -0.15) is 0 Å². The lowest BCUT2D eigenvalue weighted by molar-refractivity contribution is 0.0905. The molecule has 1 N–H and O–H groups in total. The summed E-state index contributed by atoms with van der Waals surface area (Å²) in [5.41, 5.74) is 1.73. The maximum absolute atomic E-state index is 13.5. The average molecular weight is 374 g/mol. The van der Waals surface area contributed by atoms with Crippen molar-refractivity contribution in [1.82, 2.24) is 4.90 Å². The fourth-order valence-electron chi connectivity index (χ4n) is 3.01. The number of thiocarbonyl (C=S) groups is 1. The second-order valence-corrected chi connectivity index (χ2v) is 6.69. The van der Waals surface area contributed by atoms with Crippen LogP contribution in [0.3, 0.4) is 0 Å². The molecule has 6 heteroatoms. The molecular weight excluding hydrogens is 351 g/mol. The first-order valence-corrected chi connectivity index (χ1v) is 9.11. The highest BCUT2D eigenvalue weighted by molar-refractivity contribution is 7.80. The van der Waals surface area contributed by atoms with E-state index in [2.05, 4.69) is 5.32 Å². The SMILES string of the molecule is COc1cccc(NC(=S)N(Cc2cccc(F)c2)CC2CCCO2)c1. The number of rotatable bonds is 6. The van der Waals surface area contributed by atoms with Crippen molar-refractivity contribution in [3.05, 3.63) is 59.9 Å². The zero-order chi connectivity index (χ0) is 18.4. The summed E-state index contributed by atoms with van der Waals surface area (Å²) in [7, 11) is 1.63. The van der Waals surface area contributed by atoms with Crippen LogP contribution in [0.15, 0.2) is 48.5 Å². The first kappa shape index (κ1) is 18.6. The molecule has 0 aromatic heterocycles. The van der Waals surface area contributed by atoms with Gasteiger partial charge in [-0.15, -0.1) is 0 Å². The van der Waals surface area contributed by atoms with Crippen molar-refractivity contribution >= 4 is 23.0 Å². The average Bonchev–Trinajstić information content (AvgIpc) is 3.14. The molecule has 2 aromatic carbocycles. The van der Waals surface area contributed by atoms with Gasteiger partial charge in [0.25, 0.3) is 0 Å². The lowest BCUT2D eigenvalue weighted by Crippen LogP contribution is -2.39. The summed E-state index contributed by atoms with van der Waals surface area (Å²) in [4.78, 5) is 2.03. The Kier molecular flexibility index (Phi) is 6.41. The summed E-state index contributed by atoms with van der Waals surface area (Å²) in [5.74, 6) is 0.514. The van der Waals surface area contributed by atoms with E-state index >= 15 is 0 Å². The Morgan fingerprint density at radius 3 is 2.88 bits per heavy atom. The maximum Gasteiger partial charge on any atom is 0.173 e. The van der Waals surface area contributed by atoms with E-state index in [1.54, 1.807) is 13.2 Å². The largest absolute Gasteiger partial charge is 0.497 e. The Hall–Kier alpha value is -2.18. The van der Waals surface area contributed by atoms with Gasteiger partial charge in [-0.3, -0.25) is 0 Å². The maximum atomic E-state index is 13.5. The van der Waals surface area contributed by atoms with Crippen LogP contribution in [0.2, 0.25) is 0 Å². The van der Waals surface area contributed by atoms with Crippen molar-refractivity contribution in [2.24, 2.45) is 0 Å². The highest BCUT2D eigenvalue weighted by atomic mass is 32.1. The molecule has 1 fully saturated rings. The van der Waals surface area contributed by atoms with Crippen LogP contribution in [0.4, 0.5) is 10.1 Å². The third-order valence-electron chi connectivity index (χ3n) is 4.32. The van der Waals surface area contributed by atoms with Crippen LogP contribution in [-0.2, 0) is 11.3 Å². The Balaban J connectivity index is 1.73. The van der Waals surface area contributed by atoms with Crippen molar-refractivity contribution in [3.8, 4) is 5.75 Å². The second-order valence-electron chi connectivity index (χ2n) is 6.31. The zero-order valence-electron chi connectivity index (χ0n) is 14.8. The molecule has 1 atom stereocenters. The van der Waals surface area contributed by atoms with Gasteiger partial charge in [0, 0.05) is 31.5 Å². The topological polar surface area (TPSA) is 33.7 Å². The number of nitrogens with zero attached hydrogens (tertiary/aromatic N) is 1. The summed E-state index contributed by atoms with van der Waals surface area (Å²) in [6.45, 7) is 1.98. The molecule has 0 amide bonds. The van der Waals surface area contributed by atoms with Gasteiger partial charge in [-0.1, -0.05) is 18.2 Å². The van der Waals surface area contributed by atoms with Crippen LogP contribution in [0.1, 0.15) is 18.4 Å². The molecule has 1 unspecified atom stereocenters. The minimum atomic E-state index is -0.244. The summed E-state index contributed by atoms with van der Waals surface area (Å²) in [6.07, 6.45) is 2.23. The van der Waals surface area contributed by atoms with Crippen molar-refractivity contribution < 1.29 is 13.9 Å². The molecule has 4 nitrogen and oxygen atoms in total. The highest BCUT2D eigenvalue weighted by Crippen LogP contribution is 2.20. The number of benzene rings is 2. The Bertz CT molecular complexity index is 750. The van der Waals surface area contributed by atoms with Crippen LogP contribution in [0, 0.1) is 5.82 Å². The van der Waals surface area contributed by atoms with E-state index in [1.807, 2.05) is 35.2 Å². The Morgan fingerprint density at radius 1 is 1.31 bits per heavy atom. The van der Waals surface area contributed by atoms with Crippen LogP contribution < -0.4 is 10.1 Å². The zero-order valence-corrected chi connectivity index (χ0v) is 15.6. The van der Waals surface area contributed by atoms with Gasteiger partial charge in [-0.05, 0) is 54.9 Å². The third kappa shape index (κ3) is 5.16. The molecular formula is C20H23FN2O2S. The first-order valence-electron chi connectivity index (χ1n) is 8.70. The van der Waals surface area contributed by atoms with Crippen LogP contribution in [0.25, 0.3) is 0 Å². The van der Waals surface area contributed by atoms with E-state index in [0.717, 1.165) is 36.4 Å². The number of halogens is 1. The highest BCUT2D eigenvalue weighted by Gasteiger charge is 2.21. The van der Waals surface area contributed by atoms with Gasteiger partial charge in [0.1, 0.15) is 11.6 Å². The van der Waals surface area contributed by atoms with Crippen LogP contribution in [-0.4, -0.2) is 36.4 Å². The smallest absolute Gasteiger partial charge is 0.173 e. The fourth-order valence-corrected chi connectivity index (χ4v) is 3.27. The van der Waals surface area contributed by atoms with Gasteiger partial charge in [0.15, 0.2) is 5.11 Å². The van der Waals surface area contributed by atoms with Gasteiger partial charge in [-0.25, -0.2) is 4.39 Å². The first-order chi connectivity index (χ1) is 12.6. The van der Waals surface area contributed by atoms with E-state index < -0.39 is 0 Å². The van der Waals surface area contributed by atoms with E-state index in [4.69, 9.17) is 21.7 Å². The summed E-state index contributed by atoms with van der Waals surface area (Å²) < 4.78 is 24.6. The molecule has 3 rings (SSSR count). The van der Waals surface area contributed by atoms with Crippen molar-refractivity contribution in [2.75, 3.05) is 25.6 Å². The number of nitrogens with one attached hydrogen (secondary N) is 1. The number of methoxy groups -OCH3 is 1. The molecule has 1 aliphatic rings. The van der Waals surface area contributed by atoms with E-state index in [9.17, 15) is 4.39 Å². The predicted octanol–water partition coefficient (Wildman–Crippen LogP) is 4.21. The molecule has 0 bridgehead atoms. The molecule has 26 heavy (non-hydrogen) atoms. The number of hydrogen-bond acceptors (Lipinski definition) is 3. The quantitative estimate of drug-likeness (QED) is 0.766. The standard InChI is InChI=1S/C20H23FN2O2S/c1-24-18-8-3-7-17(12-18)22-20(26)23(14-19-9-4-10-25-19)13-15-5-2-6-16(21)11-15/h2-3,5-8,11-12,19H,4,9-10,13-14H2,1H3,(H,22,26). The third-order valence-corrected chi connectivity index (χ3v) is 4.68. The van der Waals surface area contributed by atoms with Crippen molar-refractivity contribution in [3.63, 3.8) is 0 Å². The minimum Gasteiger partial charge on any atom is -0.497 e. The Labute approximate surface area is 158 Å². The Morgan fingerprint density at radius 2 is 2.15 bits per heavy atom. The van der Waals surface area contributed by atoms with E-state index in [1.165, 1.54) is 12.1 Å². The van der Waals surface area contributed by atoms with Gasteiger partial charge in [0.05, 0.1) is 13.2 Å². The molecule has 0 radical (unpaired) electrons. The van der Waals surface area contributed by atoms with E-state index in [-0.39, 0.29) is 11.9 Å². The van der Waals surface area contributed by atoms with Gasteiger partial charge >= 0.3 is 0 Å². The molecule has 0 spiro atoms. The summed E-state index contributed by atoms with van der Waals surface area (Å²) in [6, 6.07) is 14.2. The predicted molar refractivity (Wildman–Crippen MR) is 105 cm³/mol. The molecule has 2 aromatic rings. The normalized spacial score (nSPS) is 16.3. The van der Waals surface area contributed by atoms with Gasteiger partial charge in [0.2, 0.25) is 0 Å². The number of anilines is 1. The molecule has 138 valence electrons. The molecule has 0 aliphatic carbocycles. The lowest BCUT2D eigenvalue weighted by atomic mass is 10.2. The van der Waals surface area contributed by atoms with Crippen LogP contribution >= 0.6 is 12.2 Å². The second kappa shape index (κ2) is 8.96. The number of hydrogen-bond donors (Lipinski definition) is 1. The summed E-state index contributed by atoms with van der Waals surface area (Å²) in [5, 5.41) is 3.84. The van der Waals surface area contributed by atoms with Gasteiger partial charge < -0.3 is 19.7 Å². The monoisotopic (exact) mass is 374 g/mol. The molecule has 1 aliphatic heterocycles. The fraction of sp³-hybridized carbons (Fsp3) is 0.350. The molecule has 0 saturated carbocycles. The van der Waals surface area contributed by atoms with Crippen LogP contribution in [0.5, 0.6) is 5.75 Å². The lowest BCUT2D eigenvalue weighted by Gasteiger charge is -2.28. The number of ether oxygens (including phenoxy) is 2.